The number of hydrogen-bond donors (Lipinski definition) is 2. The van der Waals surface area contributed by atoms with Gasteiger partial charge in [0.1, 0.15) is 12.4 Å². The molecule has 3 rings (SSSR count). The fourth-order valence-corrected chi connectivity index (χ4v) is 3.80. The van der Waals surface area contributed by atoms with Crippen LogP contribution in [-0.2, 0) is 4.79 Å². The number of benzene rings is 3. The SMILES string of the molecule is CCC(=C(c1ccc(OCCNCC=CC(=O)N(C)C)cc1)c1ccc(O)c(F)c1)c1ccccc1. The van der Waals surface area contributed by atoms with Crippen LogP contribution in [0.1, 0.15) is 30.0 Å². The first-order valence-corrected chi connectivity index (χ1v) is 12.0. The summed E-state index contributed by atoms with van der Waals surface area (Å²) >= 11 is 0. The first kappa shape index (κ1) is 26.7. The summed E-state index contributed by atoms with van der Waals surface area (Å²) in [4.78, 5) is 13.0. The van der Waals surface area contributed by atoms with Crippen LogP contribution < -0.4 is 10.1 Å². The Kier molecular flexibility index (Phi) is 9.83. The van der Waals surface area contributed by atoms with Gasteiger partial charge in [-0.05, 0) is 58.5 Å². The number of nitrogens with zero attached hydrogens (tertiary/aromatic N) is 1. The fraction of sp³-hybridized carbons (Fsp3) is 0.233. The van der Waals surface area contributed by atoms with Gasteiger partial charge in [0.15, 0.2) is 11.6 Å². The third-order valence-electron chi connectivity index (χ3n) is 5.67. The zero-order chi connectivity index (χ0) is 25.9. The molecule has 0 aliphatic heterocycles. The number of nitrogens with one attached hydrogen (secondary N) is 1. The van der Waals surface area contributed by atoms with Crippen molar-refractivity contribution < 1.29 is 19.0 Å². The highest BCUT2D eigenvalue weighted by Gasteiger charge is 2.15. The highest BCUT2D eigenvalue weighted by Crippen LogP contribution is 2.36. The maximum Gasteiger partial charge on any atom is 0.245 e. The number of ether oxygens (including phenoxy) is 1. The van der Waals surface area contributed by atoms with Gasteiger partial charge in [-0.1, -0.05) is 61.5 Å². The van der Waals surface area contributed by atoms with E-state index >= 15 is 0 Å². The fourth-order valence-electron chi connectivity index (χ4n) is 3.80. The highest BCUT2D eigenvalue weighted by atomic mass is 19.1. The molecule has 188 valence electrons. The van der Waals surface area contributed by atoms with Crippen LogP contribution in [-0.4, -0.2) is 49.7 Å². The molecule has 0 aliphatic rings. The second-order valence-electron chi connectivity index (χ2n) is 8.45. The Balaban J connectivity index is 1.75. The van der Waals surface area contributed by atoms with Crippen molar-refractivity contribution in [3.8, 4) is 11.5 Å². The molecular weight excluding hydrogens is 455 g/mol. The average molecular weight is 489 g/mol. The molecule has 0 unspecified atom stereocenters. The maximum absolute atomic E-state index is 14.3. The molecule has 0 atom stereocenters. The number of rotatable bonds is 11. The summed E-state index contributed by atoms with van der Waals surface area (Å²) in [7, 11) is 3.43. The molecule has 0 fully saturated rings. The Morgan fingerprint density at radius 1 is 1.00 bits per heavy atom. The monoisotopic (exact) mass is 488 g/mol. The standard InChI is InChI=1S/C30H33FN2O3/c1-4-26(22-9-6-5-7-10-22)30(24-14-17-28(34)27(31)21-24)23-12-15-25(16-13-23)36-20-19-32-18-8-11-29(35)33(2)3/h5-17,21,32,34H,4,18-20H2,1-3H3. The van der Waals surface area contributed by atoms with E-state index in [2.05, 4.69) is 12.2 Å². The van der Waals surface area contributed by atoms with Crippen LogP contribution >= 0.6 is 0 Å². The van der Waals surface area contributed by atoms with E-state index in [-0.39, 0.29) is 11.7 Å². The van der Waals surface area contributed by atoms with Gasteiger partial charge in [-0.2, -0.15) is 0 Å². The Morgan fingerprint density at radius 2 is 1.69 bits per heavy atom. The predicted molar refractivity (Wildman–Crippen MR) is 143 cm³/mol. The third-order valence-corrected chi connectivity index (χ3v) is 5.67. The minimum atomic E-state index is -0.651. The van der Waals surface area contributed by atoms with E-state index in [1.165, 1.54) is 23.1 Å². The quantitative estimate of drug-likeness (QED) is 0.212. The van der Waals surface area contributed by atoms with Crippen LogP contribution in [0.15, 0.2) is 84.9 Å². The van der Waals surface area contributed by atoms with Gasteiger partial charge in [0, 0.05) is 33.3 Å². The first-order chi connectivity index (χ1) is 17.4. The van der Waals surface area contributed by atoms with Crippen molar-refractivity contribution in [1.29, 1.82) is 0 Å². The third kappa shape index (κ3) is 7.30. The number of phenols is 1. The van der Waals surface area contributed by atoms with Crippen molar-refractivity contribution in [2.24, 2.45) is 0 Å². The summed E-state index contributed by atoms with van der Waals surface area (Å²) in [6, 6.07) is 22.3. The van der Waals surface area contributed by atoms with Gasteiger partial charge in [-0.25, -0.2) is 4.39 Å². The number of aromatic hydroxyl groups is 1. The summed E-state index contributed by atoms with van der Waals surface area (Å²) < 4.78 is 20.1. The van der Waals surface area contributed by atoms with Gasteiger partial charge < -0.3 is 20.1 Å². The lowest BCUT2D eigenvalue weighted by molar-refractivity contribution is -0.123. The van der Waals surface area contributed by atoms with Crippen molar-refractivity contribution in [2.75, 3.05) is 33.8 Å². The smallest absolute Gasteiger partial charge is 0.245 e. The number of carbonyl (C=O) groups is 1. The normalized spacial score (nSPS) is 11.9. The summed E-state index contributed by atoms with van der Waals surface area (Å²) in [6.07, 6.45) is 4.08. The van der Waals surface area contributed by atoms with E-state index in [1.807, 2.05) is 54.6 Å². The van der Waals surface area contributed by atoms with E-state index in [4.69, 9.17) is 4.74 Å². The van der Waals surface area contributed by atoms with Crippen molar-refractivity contribution in [2.45, 2.75) is 13.3 Å². The Bertz CT molecular complexity index is 1200. The molecule has 3 aromatic carbocycles. The maximum atomic E-state index is 14.3. The topological polar surface area (TPSA) is 61.8 Å². The molecular formula is C30H33FN2O3. The van der Waals surface area contributed by atoms with Crippen molar-refractivity contribution in [1.82, 2.24) is 10.2 Å². The van der Waals surface area contributed by atoms with Gasteiger partial charge in [0.2, 0.25) is 5.91 Å². The van der Waals surface area contributed by atoms with Crippen molar-refractivity contribution >= 4 is 17.1 Å². The zero-order valence-electron chi connectivity index (χ0n) is 21.0. The summed E-state index contributed by atoms with van der Waals surface area (Å²) in [6.45, 7) is 3.77. The number of carbonyl (C=O) groups excluding carboxylic acids is 1. The molecule has 6 heteroatoms. The molecule has 0 saturated heterocycles. The molecule has 0 bridgehead atoms. The van der Waals surface area contributed by atoms with E-state index < -0.39 is 5.82 Å². The number of amides is 1. The van der Waals surface area contributed by atoms with Crippen LogP contribution in [0.25, 0.3) is 11.1 Å². The number of likely N-dealkylation sites (N-methyl/N-ethyl adjacent to an activating group) is 1. The van der Waals surface area contributed by atoms with Gasteiger partial charge in [0.05, 0.1) is 0 Å². The van der Waals surface area contributed by atoms with Crippen molar-refractivity contribution in [3.63, 3.8) is 0 Å². The highest BCUT2D eigenvalue weighted by molar-refractivity contribution is 5.98. The average Bonchev–Trinajstić information content (AvgIpc) is 2.89. The van der Waals surface area contributed by atoms with Crippen LogP contribution in [0, 0.1) is 5.82 Å². The molecule has 3 aromatic rings. The summed E-state index contributed by atoms with van der Waals surface area (Å²) in [5, 5.41) is 12.9. The van der Waals surface area contributed by atoms with Crippen LogP contribution in [0.3, 0.4) is 0 Å². The van der Waals surface area contributed by atoms with Gasteiger partial charge in [-0.3, -0.25) is 4.79 Å². The number of allylic oxidation sites excluding steroid dienone is 1. The second kappa shape index (κ2) is 13.3. The second-order valence-corrected chi connectivity index (χ2v) is 8.45. The molecule has 36 heavy (non-hydrogen) atoms. The number of halogens is 1. The summed E-state index contributed by atoms with van der Waals surface area (Å²) in [5.74, 6) is -0.335. The zero-order valence-corrected chi connectivity index (χ0v) is 21.0. The first-order valence-electron chi connectivity index (χ1n) is 12.0. The van der Waals surface area contributed by atoms with Crippen LogP contribution in [0.2, 0.25) is 0 Å². The molecule has 0 aromatic heterocycles. The molecule has 0 radical (unpaired) electrons. The number of hydrogen-bond acceptors (Lipinski definition) is 4. The summed E-state index contributed by atoms with van der Waals surface area (Å²) in [5.41, 5.74) is 4.69. The van der Waals surface area contributed by atoms with Gasteiger partial charge >= 0.3 is 0 Å². The lowest BCUT2D eigenvalue weighted by Crippen LogP contribution is -2.22. The molecule has 0 aliphatic carbocycles. The molecule has 5 nitrogen and oxygen atoms in total. The molecule has 2 N–H and O–H groups in total. The molecule has 1 amide bonds. The lowest BCUT2D eigenvalue weighted by Gasteiger charge is -2.17. The van der Waals surface area contributed by atoms with Crippen LogP contribution in [0.5, 0.6) is 11.5 Å². The predicted octanol–water partition coefficient (Wildman–Crippen LogP) is 5.51. The lowest BCUT2D eigenvalue weighted by atomic mass is 9.88. The van der Waals surface area contributed by atoms with Gasteiger partial charge in [-0.15, -0.1) is 0 Å². The van der Waals surface area contributed by atoms with Crippen molar-refractivity contribution in [3.05, 3.63) is 107 Å². The minimum Gasteiger partial charge on any atom is -0.505 e. The molecule has 0 heterocycles. The van der Waals surface area contributed by atoms with Crippen LogP contribution in [0.4, 0.5) is 4.39 Å². The van der Waals surface area contributed by atoms with E-state index in [9.17, 15) is 14.3 Å². The molecule has 0 spiro atoms. The molecule has 0 saturated carbocycles. The Morgan fingerprint density at radius 3 is 2.33 bits per heavy atom. The number of phenolic OH excluding ortho intramolecular Hbond substituents is 1. The largest absolute Gasteiger partial charge is 0.505 e. The van der Waals surface area contributed by atoms with Gasteiger partial charge in [0.25, 0.3) is 0 Å². The van der Waals surface area contributed by atoms with E-state index in [1.54, 1.807) is 26.2 Å². The Hall–Kier alpha value is -3.90. The van der Waals surface area contributed by atoms with E-state index in [0.717, 1.165) is 34.4 Å². The minimum absolute atomic E-state index is 0.0462. The van der Waals surface area contributed by atoms with E-state index in [0.29, 0.717) is 25.3 Å². The Labute approximate surface area is 212 Å².